The molecule has 0 saturated carbocycles. The summed E-state index contributed by atoms with van der Waals surface area (Å²) >= 11 is 11.6. The number of hydrogen-bond acceptors (Lipinski definition) is 6. The molecule has 34 heavy (non-hydrogen) atoms. The Labute approximate surface area is 204 Å². The molecule has 0 bridgehead atoms. The van der Waals surface area contributed by atoms with Crippen molar-refractivity contribution in [3.05, 3.63) is 80.3 Å². The van der Waals surface area contributed by atoms with Gasteiger partial charge in [-0.05, 0) is 60.7 Å². The van der Waals surface area contributed by atoms with Crippen LogP contribution < -0.4 is 25.1 Å². The van der Waals surface area contributed by atoms with E-state index in [0.29, 0.717) is 50.1 Å². The lowest BCUT2D eigenvalue weighted by atomic mass is 10.1. The van der Waals surface area contributed by atoms with Crippen LogP contribution in [0.5, 0.6) is 17.2 Å². The third-order valence-corrected chi connectivity index (χ3v) is 5.78. The number of carbonyl (C=O) groups is 1. The number of rotatable bonds is 6. The summed E-state index contributed by atoms with van der Waals surface area (Å²) in [4.78, 5) is 29.2. The predicted molar refractivity (Wildman–Crippen MR) is 134 cm³/mol. The normalized spacial score (nSPS) is 10.7. The summed E-state index contributed by atoms with van der Waals surface area (Å²) in [6.45, 7) is 0. The highest BCUT2D eigenvalue weighted by Gasteiger charge is 2.15. The number of fused-ring (bicyclic) bond motifs is 1. The van der Waals surface area contributed by atoms with Crippen molar-refractivity contribution < 1.29 is 19.0 Å². The molecule has 174 valence electrons. The van der Waals surface area contributed by atoms with Crippen molar-refractivity contribution in [2.75, 3.05) is 26.6 Å². The summed E-state index contributed by atoms with van der Waals surface area (Å²) in [5, 5.41) is 3.50. The van der Waals surface area contributed by atoms with E-state index in [1.807, 2.05) is 0 Å². The number of H-pyrrole nitrogens is 1. The maximum atomic E-state index is 13.3. The molecule has 8 nitrogen and oxygen atoms in total. The zero-order valence-corrected chi connectivity index (χ0v) is 20.0. The van der Waals surface area contributed by atoms with Crippen molar-refractivity contribution in [1.29, 1.82) is 0 Å². The highest BCUT2D eigenvalue weighted by molar-refractivity contribution is 7.71. The van der Waals surface area contributed by atoms with Gasteiger partial charge in [0.2, 0.25) is 0 Å². The maximum Gasteiger partial charge on any atom is 0.266 e. The third kappa shape index (κ3) is 4.35. The Morgan fingerprint density at radius 2 is 1.71 bits per heavy atom. The number of carbonyl (C=O) groups excluding carboxylic acids is 1. The number of hydrogen-bond donors (Lipinski definition) is 2. The Balaban J connectivity index is 1.74. The number of amides is 1. The number of nitrogens with one attached hydrogen (secondary N) is 2. The Kier molecular flexibility index (Phi) is 6.58. The van der Waals surface area contributed by atoms with Crippen LogP contribution in [0.1, 0.15) is 10.4 Å². The quantitative estimate of drug-likeness (QED) is 0.365. The van der Waals surface area contributed by atoms with Gasteiger partial charge in [-0.2, -0.15) is 0 Å². The minimum atomic E-state index is -0.374. The van der Waals surface area contributed by atoms with Crippen LogP contribution >= 0.6 is 23.8 Å². The van der Waals surface area contributed by atoms with Crippen LogP contribution in [0.4, 0.5) is 5.69 Å². The summed E-state index contributed by atoms with van der Waals surface area (Å²) in [6, 6.07) is 14.7. The molecule has 3 aromatic carbocycles. The molecule has 0 saturated heterocycles. The van der Waals surface area contributed by atoms with E-state index in [-0.39, 0.29) is 16.2 Å². The minimum Gasteiger partial charge on any atom is -0.497 e. The summed E-state index contributed by atoms with van der Waals surface area (Å²) in [5.41, 5.74) is 1.34. The first-order chi connectivity index (χ1) is 16.4. The molecule has 0 radical (unpaired) electrons. The zero-order chi connectivity index (χ0) is 24.4. The van der Waals surface area contributed by atoms with E-state index in [1.165, 1.54) is 25.9 Å². The lowest BCUT2D eigenvalue weighted by Gasteiger charge is -2.14. The Morgan fingerprint density at radius 1 is 0.971 bits per heavy atom. The molecular formula is C24H20ClN3O5S. The Hall–Kier alpha value is -3.82. The third-order valence-electron chi connectivity index (χ3n) is 5.20. The second kappa shape index (κ2) is 9.58. The molecule has 0 aliphatic heterocycles. The zero-order valence-electron chi connectivity index (χ0n) is 18.5. The van der Waals surface area contributed by atoms with Crippen molar-refractivity contribution in [3.8, 4) is 22.9 Å². The van der Waals surface area contributed by atoms with Gasteiger partial charge in [0.15, 0.2) is 4.77 Å². The van der Waals surface area contributed by atoms with Gasteiger partial charge in [0, 0.05) is 17.3 Å². The van der Waals surface area contributed by atoms with Crippen molar-refractivity contribution in [2.24, 2.45) is 0 Å². The van der Waals surface area contributed by atoms with Crippen LogP contribution in [0.2, 0.25) is 5.02 Å². The van der Waals surface area contributed by atoms with Crippen LogP contribution in [-0.4, -0.2) is 36.8 Å². The highest BCUT2D eigenvalue weighted by Crippen LogP contribution is 2.29. The monoisotopic (exact) mass is 497 g/mol. The van der Waals surface area contributed by atoms with E-state index in [4.69, 9.17) is 38.0 Å². The van der Waals surface area contributed by atoms with Gasteiger partial charge in [-0.3, -0.25) is 9.59 Å². The van der Waals surface area contributed by atoms with Gasteiger partial charge in [0.25, 0.3) is 11.5 Å². The summed E-state index contributed by atoms with van der Waals surface area (Å²) < 4.78 is 17.3. The first kappa shape index (κ1) is 23.3. The van der Waals surface area contributed by atoms with Gasteiger partial charge in [-0.1, -0.05) is 11.6 Å². The molecule has 0 spiro atoms. The summed E-state index contributed by atoms with van der Waals surface area (Å²) in [6.07, 6.45) is 0. The highest BCUT2D eigenvalue weighted by atomic mass is 35.5. The summed E-state index contributed by atoms with van der Waals surface area (Å²) in [7, 11) is 4.55. The van der Waals surface area contributed by atoms with Crippen LogP contribution in [0, 0.1) is 4.77 Å². The van der Waals surface area contributed by atoms with Gasteiger partial charge in [-0.25, -0.2) is 4.57 Å². The van der Waals surface area contributed by atoms with Gasteiger partial charge >= 0.3 is 0 Å². The lowest BCUT2D eigenvalue weighted by molar-refractivity contribution is 0.102. The van der Waals surface area contributed by atoms with E-state index in [1.54, 1.807) is 54.6 Å². The molecule has 10 heteroatoms. The number of benzene rings is 3. The second-order valence-electron chi connectivity index (χ2n) is 7.17. The van der Waals surface area contributed by atoms with Crippen molar-refractivity contribution in [2.45, 2.75) is 0 Å². The van der Waals surface area contributed by atoms with E-state index < -0.39 is 0 Å². The molecule has 1 amide bonds. The smallest absolute Gasteiger partial charge is 0.266 e. The lowest BCUT2D eigenvalue weighted by Crippen LogP contribution is -2.21. The molecule has 1 aromatic heterocycles. The standard InChI is InChI=1S/C24H20ClN3O5S/c1-31-15-6-9-21(33-3)19(12-15)28-23(30)16-7-4-13(10-18(16)27-24(28)34)22(29)26-14-5-8-20(32-2)17(25)11-14/h4-12H,1-3H3,(H,26,29)(H,27,34). The minimum absolute atomic E-state index is 0.142. The average Bonchev–Trinajstić information content (AvgIpc) is 2.83. The van der Waals surface area contributed by atoms with E-state index in [0.717, 1.165) is 0 Å². The molecule has 0 aliphatic rings. The molecular weight excluding hydrogens is 478 g/mol. The number of aromatic nitrogens is 2. The first-order valence-electron chi connectivity index (χ1n) is 10.0. The molecule has 4 rings (SSSR count). The van der Waals surface area contributed by atoms with Crippen molar-refractivity contribution in [3.63, 3.8) is 0 Å². The molecule has 0 atom stereocenters. The average molecular weight is 498 g/mol. The van der Waals surface area contributed by atoms with Crippen LogP contribution in [0.25, 0.3) is 16.6 Å². The maximum absolute atomic E-state index is 13.3. The largest absolute Gasteiger partial charge is 0.497 e. The molecule has 0 fully saturated rings. The summed E-state index contributed by atoms with van der Waals surface area (Å²) in [5.74, 6) is 1.13. The number of ether oxygens (including phenoxy) is 3. The van der Waals surface area contributed by atoms with Gasteiger partial charge in [0.05, 0.1) is 42.9 Å². The van der Waals surface area contributed by atoms with Gasteiger partial charge in [0.1, 0.15) is 17.2 Å². The SMILES string of the molecule is COc1ccc(OC)c(-n2c(=S)[nH]c3cc(C(=O)Nc4ccc(OC)c(Cl)c4)ccc3c2=O)c1. The molecule has 4 aromatic rings. The number of halogens is 1. The fraction of sp³-hybridized carbons (Fsp3) is 0.125. The Morgan fingerprint density at radius 3 is 2.38 bits per heavy atom. The predicted octanol–water partition coefficient (Wildman–Crippen LogP) is 4.98. The molecule has 2 N–H and O–H groups in total. The molecule has 0 unspecified atom stereocenters. The van der Waals surface area contributed by atoms with Gasteiger partial charge < -0.3 is 24.5 Å². The van der Waals surface area contributed by atoms with E-state index in [9.17, 15) is 9.59 Å². The first-order valence-corrected chi connectivity index (χ1v) is 10.8. The van der Waals surface area contributed by atoms with Crippen molar-refractivity contribution >= 4 is 46.3 Å². The van der Waals surface area contributed by atoms with E-state index in [2.05, 4.69) is 10.3 Å². The van der Waals surface area contributed by atoms with Crippen molar-refractivity contribution in [1.82, 2.24) is 9.55 Å². The number of aromatic amines is 1. The number of methoxy groups -OCH3 is 3. The Bertz CT molecular complexity index is 1530. The fourth-order valence-corrected chi connectivity index (χ4v) is 4.05. The number of nitrogens with zero attached hydrogens (tertiary/aromatic N) is 1. The fourth-order valence-electron chi connectivity index (χ4n) is 3.50. The van der Waals surface area contributed by atoms with Gasteiger partial charge in [-0.15, -0.1) is 0 Å². The van der Waals surface area contributed by atoms with Crippen LogP contribution in [0.3, 0.4) is 0 Å². The second-order valence-corrected chi connectivity index (χ2v) is 7.97. The van der Waals surface area contributed by atoms with Crippen LogP contribution in [0.15, 0.2) is 59.4 Å². The van der Waals surface area contributed by atoms with Crippen LogP contribution in [-0.2, 0) is 0 Å². The topological polar surface area (TPSA) is 94.6 Å². The molecule has 1 heterocycles. The van der Waals surface area contributed by atoms with E-state index >= 15 is 0 Å². The molecule has 0 aliphatic carbocycles. The number of anilines is 1.